The molecule has 0 bridgehead atoms. The van der Waals surface area contributed by atoms with Crippen LogP contribution in [0.3, 0.4) is 0 Å². The predicted molar refractivity (Wildman–Crippen MR) is 114 cm³/mol. The lowest BCUT2D eigenvalue weighted by Gasteiger charge is -2.27. The van der Waals surface area contributed by atoms with Gasteiger partial charge >= 0.3 is 35.8 Å². The van der Waals surface area contributed by atoms with E-state index in [1.54, 1.807) is 18.2 Å². The lowest BCUT2D eigenvalue weighted by Crippen LogP contribution is -2.39. The van der Waals surface area contributed by atoms with Gasteiger partial charge in [0.25, 0.3) is 0 Å². The van der Waals surface area contributed by atoms with Crippen molar-refractivity contribution in [2.45, 2.75) is 38.5 Å². The Morgan fingerprint density at radius 3 is 1.24 bits per heavy atom. The van der Waals surface area contributed by atoms with Gasteiger partial charge in [-0.25, -0.2) is 0 Å². The van der Waals surface area contributed by atoms with Crippen molar-refractivity contribution in [1.29, 1.82) is 0 Å². The van der Waals surface area contributed by atoms with E-state index in [2.05, 4.69) is 0 Å². The van der Waals surface area contributed by atoms with Crippen LogP contribution >= 0.6 is 0 Å². The third-order valence-corrected chi connectivity index (χ3v) is 6.42. The fraction of sp³-hybridized carbons (Fsp3) is 0.500. The summed E-state index contributed by atoms with van der Waals surface area (Å²) in [6.07, 6.45) is 11.1. The first-order valence-corrected chi connectivity index (χ1v) is 11.2. The van der Waals surface area contributed by atoms with Crippen molar-refractivity contribution in [2.75, 3.05) is 0 Å². The highest BCUT2D eigenvalue weighted by Gasteiger charge is 2.42. The zero-order valence-electron chi connectivity index (χ0n) is 18.3. The van der Waals surface area contributed by atoms with Crippen LogP contribution in [0.25, 0.3) is 0 Å². The lowest BCUT2D eigenvalue weighted by molar-refractivity contribution is -0.175. The molecule has 0 radical (unpaired) electrons. The number of carboxylic acid groups (broad SMARTS) is 2. The van der Waals surface area contributed by atoms with Crippen molar-refractivity contribution in [2.24, 2.45) is 35.5 Å². The molecule has 34 heavy (non-hydrogen) atoms. The van der Waals surface area contributed by atoms with Gasteiger partial charge in [-0.3, -0.25) is 28.8 Å². The molecule has 6 atom stereocenters. The number of carboxylic acids is 2. The maximum Gasteiger partial charge on any atom is 0.321 e. The minimum absolute atomic E-state index is 0.153. The van der Waals surface area contributed by atoms with Gasteiger partial charge in [-0.15, -0.1) is 0 Å². The largest absolute Gasteiger partial charge is 0.481 e. The molecule has 0 amide bonds. The van der Waals surface area contributed by atoms with Gasteiger partial charge in [0.15, 0.2) is 0 Å². The highest BCUT2D eigenvalue weighted by molar-refractivity contribution is 5.96. The summed E-state index contributed by atoms with van der Waals surface area (Å²) in [7, 11) is 0. The second-order valence-electron chi connectivity index (χ2n) is 8.57. The SMILES string of the molecule is O=C(OC(=O)C1C=CCCC1C(=O)OC(=O)C1C=CCCC1C(=O)O)C1C=CCCC1C(=O)O. The highest BCUT2D eigenvalue weighted by Crippen LogP contribution is 2.31. The molecule has 0 fully saturated rings. The van der Waals surface area contributed by atoms with Crippen LogP contribution in [-0.4, -0.2) is 46.0 Å². The molecule has 0 aromatic carbocycles. The van der Waals surface area contributed by atoms with Gasteiger partial charge in [-0.2, -0.15) is 0 Å². The molecule has 3 rings (SSSR count). The van der Waals surface area contributed by atoms with Gasteiger partial charge in [0, 0.05) is 0 Å². The Bertz CT molecular complexity index is 959. The summed E-state index contributed by atoms with van der Waals surface area (Å²) < 4.78 is 9.89. The van der Waals surface area contributed by atoms with Crippen molar-refractivity contribution in [1.82, 2.24) is 0 Å². The van der Waals surface area contributed by atoms with Crippen molar-refractivity contribution in [3.05, 3.63) is 36.5 Å². The topological polar surface area (TPSA) is 161 Å². The van der Waals surface area contributed by atoms with Crippen LogP contribution in [0, 0.1) is 35.5 Å². The van der Waals surface area contributed by atoms with Crippen LogP contribution in [0.2, 0.25) is 0 Å². The summed E-state index contributed by atoms with van der Waals surface area (Å²) >= 11 is 0. The molecule has 182 valence electrons. The first kappa shape index (κ1) is 25.1. The van der Waals surface area contributed by atoms with E-state index in [0.717, 1.165) is 0 Å². The van der Waals surface area contributed by atoms with Crippen molar-refractivity contribution < 1.29 is 48.5 Å². The number of ether oxygens (including phenoxy) is 2. The van der Waals surface area contributed by atoms with Crippen molar-refractivity contribution in [3.8, 4) is 0 Å². The van der Waals surface area contributed by atoms with Gasteiger partial charge in [0.05, 0.1) is 35.5 Å². The zero-order chi connectivity index (χ0) is 24.8. The number of hydrogen-bond acceptors (Lipinski definition) is 8. The van der Waals surface area contributed by atoms with Crippen LogP contribution < -0.4 is 0 Å². The second-order valence-corrected chi connectivity index (χ2v) is 8.57. The molecular weight excluding hydrogens is 448 g/mol. The van der Waals surface area contributed by atoms with Gasteiger partial charge in [0.1, 0.15) is 0 Å². The minimum Gasteiger partial charge on any atom is -0.481 e. The van der Waals surface area contributed by atoms with Crippen LogP contribution in [0.15, 0.2) is 36.5 Å². The minimum atomic E-state index is -1.20. The summed E-state index contributed by atoms with van der Waals surface area (Å²) in [6.45, 7) is 0. The first-order valence-electron chi connectivity index (χ1n) is 11.2. The van der Waals surface area contributed by atoms with E-state index in [0.29, 0.717) is 19.3 Å². The number of carbonyl (C=O) groups excluding carboxylic acids is 4. The van der Waals surface area contributed by atoms with Crippen LogP contribution in [0.1, 0.15) is 38.5 Å². The molecule has 0 spiro atoms. The molecule has 0 saturated heterocycles. The Kier molecular flexibility index (Phi) is 8.14. The van der Waals surface area contributed by atoms with Crippen molar-refractivity contribution >= 4 is 35.8 Å². The maximum atomic E-state index is 12.7. The average Bonchev–Trinajstić information content (AvgIpc) is 2.83. The molecule has 0 heterocycles. The van der Waals surface area contributed by atoms with E-state index < -0.39 is 71.3 Å². The zero-order valence-corrected chi connectivity index (χ0v) is 18.3. The Labute approximate surface area is 195 Å². The van der Waals surface area contributed by atoms with Crippen LogP contribution in [0.5, 0.6) is 0 Å². The molecule has 0 aromatic heterocycles. The molecule has 10 heteroatoms. The Hall–Kier alpha value is -3.56. The number of hydrogen-bond donors (Lipinski definition) is 2. The number of allylic oxidation sites excluding steroid dienone is 3. The number of aliphatic carboxylic acids is 2. The van der Waals surface area contributed by atoms with Gasteiger partial charge in [-0.1, -0.05) is 36.5 Å². The van der Waals surface area contributed by atoms with Crippen LogP contribution in [0.4, 0.5) is 0 Å². The first-order chi connectivity index (χ1) is 16.2. The number of rotatable bonds is 6. The maximum absolute atomic E-state index is 12.7. The summed E-state index contributed by atoms with van der Waals surface area (Å²) in [5.74, 6) is -13.0. The van der Waals surface area contributed by atoms with E-state index in [1.165, 1.54) is 18.2 Å². The summed E-state index contributed by atoms with van der Waals surface area (Å²) in [5.41, 5.74) is 0. The number of esters is 4. The van der Waals surface area contributed by atoms with E-state index in [1.807, 2.05) is 0 Å². The Morgan fingerprint density at radius 2 is 0.853 bits per heavy atom. The standard InChI is InChI=1S/C24H26O10/c25-19(26)13-7-1-3-9-15(13)21(29)33-23(31)17-11-5-6-12-18(17)24(32)34-22(30)16-10-4-2-8-14(16)20(27)28/h3-5,9-11,13-18H,1-2,6-8,12H2,(H,25,26)(H,27,28). The lowest BCUT2D eigenvalue weighted by atomic mass is 9.82. The molecule has 3 aliphatic carbocycles. The second kappa shape index (κ2) is 11.0. The Balaban J connectivity index is 1.67. The Morgan fingerprint density at radius 1 is 0.529 bits per heavy atom. The summed E-state index contributed by atoms with van der Waals surface area (Å²) in [4.78, 5) is 73.3. The quantitative estimate of drug-likeness (QED) is 0.331. The molecule has 0 saturated carbocycles. The molecule has 2 N–H and O–H groups in total. The molecular formula is C24H26O10. The van der Waals surface area contributed by atoms with E-state index >= 15 is 0 Å². The smallest absolute Gasteiger partial charge is 0.321 e. The summed E-state index contributed by atoms with van der Waals surface area (Å²) in [5, 5.41) is 18.7. The van der Waals surface area contributed by atoms with Crippen LogP contribution in [-0.2, 0) is 38.2 Å². The average molecular weight is 474 g/mol. The van der Waals surface area contributed by atoms with Crippen molar-refractivity contribution in [3.63, 3.8) is 0 Å². The highest BCUT2D eigenvalue weighted by atomic mass is 16.6. The molecule has 0 aromatic rings. The van der Waals surface area contributed by atoms with E-state index in [-0.39, 0.29) is 19.3 Å². The van der Waals surface area contributed by atoms with E-state index in [4.69, 9.17) is 9.47 Å². The monoisotopic (exact) mass is 474 g/mol. The summed E-state index contributed by atoms with van der Waals surface area (Å²) in [6, 6.07) is 0. The molecule has 6 unspecified atom stereocenters. The van der Waals surface area contributed by atoms with Gasteiger partial charge in [0.2, 0.25) is 0 Å². The third-order valence-electron chi connectivity index (χ3n) is 6.42. The van der Waals surface area contributed by atoms with Gasteiger partial charge in [-0.05, 0) is 38.5 Å². The molecule has 0 aliphatic heterocycles. The van der Waals surface area contributed by atoms with E-state index in [9.17, 15) is 39.0 Å². The fourth-order valence-corrected chi connectivity index (χ4v) is 4.52. The normalized spacial score (nSPS) is 30.2. The third kappa shape index (κ3) is 5.67. The molecule has 10 nitrogen and oxygen atoms in total. The number of carbonyl (C=O) groups is 6. The fourth-order valence-electron chi connectivity index (χ4n) is 4.52. The molecule has 3 aliphatic rings. The predicted octanol–water partition coefficient (Wildman–Crippen LogP) is 2.04. The van der Waals surface area contributed by atoms with Gasteiger partial charge < -0.3 is 19.7 Å².